The maximum Gasteiger partial charge on any atom is 0.327 e. The molecule has 1 amide bonds. The van der Waals surface area contributed by atoms with E-state index in [9.17, 15) is 34.4 Å². The minimum Gasteiger partial charge on any atom is -0.497 e. The van der Waals surface area contributed by atoms with Crippen LogP contribution in [0.2, 0.25) is 18.1 Å². The molecule has 0 spiro atoms. The minimum atomic E-state index is -4.41. The zero-order valence-corrected chi connectivity index (χ0v) is 58.9. The molecule has 2 N–H and O–H groups in total. The predicted octanol–water partition coefficient (Wildman–Crippen LogP) is 11.0. The van der Waals surface area contributed by atoms with Gasteiger partial charge in [0.1, 0.15) is 53.9 Å². The summed E-state index contributed by atoms with van der Waals surface area (Å²) in [6, 6.07) is 41.0. The first-order valence-electron chi connectivity index (χ1n) is 31.7. The molecule has 28 nitrogen and oxygen atoms in total. The van der Waals surface area contributed by atoms with Crippen LogP contribution in [0.5, 0.6) is 11.5 Å². The van der Waals surface area contributed by atoms with Crippen molar-refractivity contribution >= 4 is 80.6 Å². The van der Waals surface area contributed by atoms with Crippen LogP contribution in [0.1, 0.15) is 72.3 Å². The summed E-state index contributed by atoms with van der Waals surface area (Å²) in [5.74, 6) is 0.891. The summed E-state index contributed by atoms with van der Waals surface area (Å²) in [6.07, 6.45) is -5.08. The molecule has 2 aliphatic rings. The zero-order chi connectivity index (χ0) is 70.7. The molecule has 2 fully saturated rings. The van der Waals surface area contributed by atoms with Gasteiger partial charge >= 0.3 is 15.0 Å². The fourth-order valence-electron chi connectivity index (χ4n) is 11.9. The van der Waals surface area contributed by atoms with Crippen LogP contribution in [0.15, 0.2) is 170 Å². The maximum absolute atomic E-state index is 17.3. The number of imidazole rings is 3. The van der Waals surface area contributed by atoms with Crippen molar-refractivity contribution in [3.05, 3.63) is 213 Å². The number of fused-ring (bicyclic) bond motifs is 3. The number of benzene rings is 5. The average molecular weight is 1440 g/mol. The Hall–Kier alpha value is -8.83. The Morgan fingerprint density at radius 2 is 1.41 bits per heavy atom. The molecule has 10 atom stereocenters. The first kappa shape index (κ1) is 71.0. The number of nitro benzene ring substituents is 1. The number of amides is 1. The number of carbonyl (C=O) groups is 1. The van der Waals surface area contributed by atoms with Gasteiger partial charge in [-0.3, -0.25) is 37.9 Å². The van der Waals surface area contributed by atoms with E-state index in [0.717, 1.165) is 11.9 Å². The molecule has 0 bridgehead atoms. The summed E-state index contributed by atoms with van der Waals surface area (Å²) in [4.78, 5) is 72.1. The predicted molar refractivity (Wildman–Crippen MR) is 370 cm³/mol. The fourth-order valence-corrected chi connectivity index (χ4v) is 15.8. The van der Waals surface area contributed by atoms with E-state index in [1.165, 1.54) is 33.8 Å². The molecular formula is C67H71FN12O16P2SSi. The molecule has 33 heteroatoms. The molecule has 5 aromatic heterocycles. The monoisotopic (exact) mass is 1440 g/mol. The van der Waals surface area contributed by atoms with Crippen molar-refractivity contribution < 1.29 is 69.8 Å². The Bertz CT molecular complexity index is 4710. The van der Waals surface area contributed by atoms with Crippen molar-refractivity contribution in [1.29, 1.82) is 5.26 Å². The van der Waals surface area contributed by atoms with Crippen LogP contribution in [0.3, 0.4) is 0 Å². The number of carbonyl (C=O) groups excluding carboxylic acids is 1. The van der Waals surface area contributed by atoms with Gasteiger partial charge in [0, 0.05) is 36.6 Å². The lowest BCUT2D eigenvalue weighted by Crippen LogP contribution is -2.49. The molecule has 0 aliphatic carbocycles. The van der Waals surface area contributed by atoms with Gasteiger partial charge in [-0.25, -0.2) is 28.7 Å². The van der Waals surface area contributed by atoms with Crippen LogP contribution >= 0.6 is 15.0 Å². The van der Waals surface area contributed by atoms with Gasteiger partial charge in [0.2, 0.25) is 5.78 Å². The van der Waals surface area contributed by atoms with Crippen molar-refractivity contribution in [2.45, 2.75) is 113 Å². The lowest BCUT2D eigenvalue weighted by Gasteiger charge is -2.41. The van der Waals surface area contributed by atoms with Crippen molar-refractivity contribution in [3.8, 4) is 17.6 Å². The van der Waals surface area contributed by atoms with Crippen molar-refractivity contribution in [1.82, 2.24) is 43.0 Å². The molecule has 5 aromatic carbocycles. The van der Waals surface area contributed by atoms with Gasteiger partial charge in [0.15, 0.2) is 55.1 Å². The minimum absolute atomic E-state index is 0.00391. The Labute approximate surface area is 579 Å². The van der Waals surface area contributed by atoms with E-state index < -0.39 is 106 Å². The third-order valence-electron chi connectivity index (χ3n) is 18.0. The Morgan fingerprint density at radius 1 is 0.800 bits per heavy atom. The van der Waals surface area contributed by atoms with Crippen LogP contribution in [0.4, 0.5) is 15.9 Å². The molecule has 0 radical (unpaired) electrons. The molecule has 7 heterocycles. The maximum atomic E-state index is 17.3. The second kappa shape index (κ2) is 29.8. The second-order valence-electron chi connectivity index (χ2n) is 25.1. The van der Waals surface area contributed by atoms with E-state index in [1.54, 1.807) is 78.2 Å². The lowest BCUT2D eigenvalue weighted by molar-refractivity contribution is -0.384. The summed E-state index contributed by atoms with van der Waals surface area (Å²) < 4.78 is 102. The molecule has 2 aliphatic heterocycles. The van der Waals surface area contributed by atoms with E-state index in [0.29, 0.717) is 46.7 Å². The summed E-state index contributed by atoms with van der Waals surface area (Å²) in [6.45, 7) is 4.69. The van der Waals surface area contributed by atoms with Gasteiger partial charge in [0.05, 0.1) is 64.1 Å². The molecular weight excluding hydrogens is 1370 g/mol. The number of methoxy groups -OCH3 is 2. The highest BCUT2D eigenvalue weighted by molar-refractivity contribution is 8.07. The van der Waals surface area contributed by atoms with Gasteiger partial charge in [-0.05, 0) is 95.0 Å². The highest BCUT2D eigenvalue weighted by Crippen LogP contribution is 2.56. The lowest BCUT2D eigenvalue weighted by atomic mass is 9.80. The van der Waals surface area contributed by atoms with E-state index in [2.05, 4.69) is 31.3 Å². The number of aryl methyl sites for hydroxylation is 2. The number of non-ortho nitro benzene ring substituents is 1. The number of rotatable bonds is 28. The molecule has 100 heavy (non-hydrogen) atoms. The summed E-state index contributed by atoms with van der Waals surface area (Å²) in [5, 5.41) is 23.7. The van der Waals surface area contributed by atoms with Gasteiger partial charge in [-0.2, -0.15) is 10.2 Å². The number of hydrogen-bond acceptors (Lipinski definition) is 22. The molecule has 0 saturated carbocycles. The number of nitro groups is 1. The van der Waals surface area contributed by atoms with Crippen LogP contribution in [0, 0.1) is 21.4 Å². The topological polar surface area (TPSA) is 326 Å². The number of ether oxygens (including phenoxy) is 5. The van der Waals surface area contributed by atoms with E-state index in [-0.39, 0.29) is 59.2 Å². The number of halogens is 1. The average Bonchev–Trinajstić information content (AvgIpc) is 1.55. The normalized spacial score (nSPS) is 20.5. The third kappa shape index (κ3) is 14.6. The van der Waals surface area contributed by atoms with Gasteiger partial charge in [-0.1, -0.05) is 106 Å². The molecule has 10 aromatic rings. The quantitative estimate of drug-likeness (QED) is 0.0115. The molecule has 12 rings (SSSR count). The molecule has 2 unspecified atom stereocenters. The summed E-state index contributed by atoms with van der Waals surface area (Å²) in [7, 11) is -3.83. The number of nitrogens with zero attached hydrogens (tertiary/aromatic N) is 11. The van der Waals surface area contributed by atoms with Crippen molar-refractivity contribution in [2.24, 2.45) is 0 Å². The number of nitriles is 1. The fraction of sp³-hybridized carbons (Fsp3) is 0.343. The molecule has 2 saturated heterocycles. The number of hydrogen-bond donors (Lipinski definition) is 2. The number of nitrogens with one attached hydrogen (secondary N) is 1. The Balaban J connectivity index is 0.958. The van der Waals surface area contributed by atoms with Crippen LogP contribution in [-0.2, 0) is 71.7 Å². The van der Waals surface area contributed by atoms with Gasteiger partial charge in [0.25, 0.3) is 17.2 Å². The Morgan fingerprint density at radius 3 is 2.03 bits per heavy atom. The first-order chi connectivity index (χ1) is 48.0. The third-order valence-corrected chi connectivity index (χ3v) is 25.3. The summed E-state index contributed by atoms with van der Waals surface area (Å²) >= 11 is 6.42. The van der Waals surface area contributed by atoms with Crippen molar-refractivity contribution in [3.63, 3.8) is 0 Å². The van der Waals surface area contributed by atoms with E-state index in [4.69, 9.17) is 63.0 Å². The molecule has 522 valence electrons. The van der Waals surface area contributed by atoms with Gasteiger partial charge < -0.3 is 56.5 Å². The first-order valence-corrected chi connectivity index (χ1v) is 38.4. The van der Waals surface area contributed by atoms with Crippen LogP contribution < -0.4 is 20.3 Å². The second-order valence-corrected chi connectivity index (χ2v) is 33.6. The number of alkyl halides is 1. The van der Waals surface area contributed by atoms with E-state index in [1.807, 2.05) is 113 Å². The largest absolute Gasteiger partial charge is 0.497 e. The van der Waals surface area contributed by atoms with Gasteiger partial charge in [-0.15, -0.1) is 0 Å². The Kier molecular flexibility index (Phi) is 21.1. The van der Waals surface area contributed by atoms with Crippen LogP contribution in [0.25, 0.3) is 28.1 Å². The highest BCUT2D eigenvalue weighted by Gasteiger charge is 2.56. The standard InChI is InChI=1S/C67H71FN12O16P2SSi/c1-66(2,3)100(6,7)96-57-56(95-98(99,90-36-14-32-69)91-38-51-55(94-97(85)86)52(68)63(92-51)78-40-72-53-58(70-39-71-59(53)78)74-61(81)43-15-10-8-11-16-43)50(37-89-67(44-17-12-9-13-18-44,45-21-27-48(87-4)28-22-45)46-23-29-49(88-5)30-24-46)93-64(57)79-41-73-54-60(79)75-65-76(34-35-77(65)62(54)82)33-31-42-19-25-47(26-20-42)80(83)84/h8-13,15-30,34-35,39-41,50-52,55-57,63-64,97H,14,31,33,36-38H2,1-7H3,(H,85,86)(H,70,71,74,81)/t50-,51-,52-,55-,56-,57-,63-,64-,98?/m1/s1. The SMILES string of the molecule is COc1ccc(C(OC[C@H]2O[C@@H](n3cnc4c(=O)n5ccn(CCc6ccc([N+](=O)[O-])cc6)c5nc43)[C@H](O[Si](C)(C)C(C)(C)C)[C@@H]2OP(=S)(OCCC#N)OC[C@H]2O[C@@H](n3cnc4c(NC(=O)c5ccccc5)ncnc43)[C@H](F)[C@@H]2O[PH](=O)O)(c2ccccc2)c2ccc(OC)cc2)cc1. The number of anilines is 1. The summed E-state index contributed by atoms with van der Waals surface area (Å²) in [5.41, 5.74) is 1.29. The smallest absolute Gasteiger partial charge is 0.327 e. The van der Waals surface area contributed by atoms with Crippen molar-refractivity contribution in [2.75, 3.05) is 39.4 Å². The number of aromatic nitrogens is 9. The van der Waals surface area contributed by atoms with E-state index >= 15 is 4.39 Å². The zero-order valence-electron chi connectivity index (χ0n) is 55.2. The highest BCUT2D eigenvalue weighted by atomic mass is 32.5. The van der Waals surface area contributed by atoms with Crippen LogP contribution in [-0.4, -0.2) is 138 Å².